The van der Waals surface area contributed by atoms with Crippen LogP contribution in [0.25, 0.3) is 0 Å². The van der Waals surface area contributed by atoms with Gasteiger partial charge in [0, 0.05) is 30.6 Å². The molecule has 0 unspecified atom stereocenters. The molecule has 8 heteroatoms. The van der Waals surface area contributed by atoms with Crippen molar-refractivity contribution < 1.29 is 14.8 Å². The number of hydrogen-bond donors (Lipinski definition) is 1. The maximum atomic E-state index is 10.8. The van der Waals surface area contributed by atoms with Crippen LogP contribution in [0.1, 0.15) is 4.88 Å². The predicted molar refractivity (Wildman–Crippen MR) is 72.4 cm³/mol. The second kappa shape index (κ2) is 7.17. The number of carboxylic acid groups (broad SMARTS) is 1. The van der Waals surface area contributed by atoms with Crippen LogP contribution in [0.2, 0.25) is 0 Å². The highest BCUT2D eigenvalue weighted by molar-refractivity contribution is 7.15. The number of thiophene rings is 1. The molecular formula is C11H17N3O4S. The number of nitrogens with zero attached hydrogens (tertiary/aromatic N) is 3. The molecule has 0 radical (unpaired) electrons. The first-order valence-corrected chi connectivity index (χ1v) is 6.52. The molecule has 0 saturated carbocycles. The first kappa shape index (κ1) is 15.5. The van der Waals surface area contributed by atoms with Crippen LogP contribution in [0.5, 0.6) is 0 Å². The SMILES string of the molecule is CN(C)CCN(CC(=O)O)Cc1ccc([N+](=O)[O-])s1. The van der Waals surface area contributed by atoms with Crippen LogP contribution in [0.15, 0.2) is 12.1 Å². The average molecular weight is 287 g/mol. The van der Waals surface area contributed by atoms with Gasteiger partial charge in [0.25, 0.3) is 0 Å². The zero-order valence-corrected chi connectivity index (χ0v) is 11.7. The molecule has 0 aromatic carbocycles. The highest BCUT2D eigenvalue weighted by Crippen LogP contribution is 2.24. The molecule has 0 amide bonds. The molecule has 1 aromatic rings. The van der Waals surface area contributed by atoms with E-state index in [9.17, 15) is 14.9 Å². The average Bonchev–Trinajstić information content (AvgIpc) is 2.73. The largest absolute Gasteiger partial charge is 0.480 e. The summed E-state index contributed by atoms with van der Waals surface area (Å²) in [5, 5.41) is 19.5. The number of carboxylic acids is 1. The van der Waals surface area contributed by atoms with Crippen LogP contribution in [-0.4, -0.2) is 59.5 Å². The molecule has 0 atom stereocenters. The molecule has 19 heavy (non-hydrogen) atoms. The van der Waals surface area contributed by atoms with Crippen LogP contribution in [-0.2, 0) is 11.3 Å². The van der Waals surface area contributed by atoms with E-state index >= 15 is 0 Å². The fourth-order valence-electron chi connectivity index (χ4n) is 1.52. The van der Waals surface area contributed by atoms with E-state index in [0.29, 0.717) is 13.1 Å². The van der Waals surface area contributed by atoms with E-state index in [1.807, 2.05) is 19.0 Å². The fourth-order valence-corrected chi connectivity index (χ4v) is 2.38. The van der Waals surface area contributed by atoms with Crippen molar-refractivity contribution in [3.63, 3.8) is 0 Å². The zero-order chi connectivity index (χ0) is 14.4. The normalized spacial score (nSPS) is 11.2. The molecule has 1 aromatic heterocycles. The van der Waals surface area contributed by atoms with E-state index in [0.717, 1.165) is 22.8 Å². The van der Waals surface area contributed by atoms with Gasteiger partial charge in [-0.05, 0) is 20.2 Å². The Balaban J connectivity index is 2.63. The Morgan fingerprint density at radius 2 is 2.11 bits per heavy atom. The minimum atomic E-state index is -0.898. The lowest BCUT2D eigenvalue weighted by atomic mass is 10.4. The Morgan fingerprint density at radius 1 is 1.42 bits per heavy atom. The van der Waals surface area contributed by atoms with E-state index in [1.54, 1.807) is 11.0 Å². The van der Waals surface area contributed by atoms with Crippen molar-refractivity contribution in [2.24, 2.45) is 0 Å². The molecule has 0 fully saturated rings. The first-order valence-electron chi connectivity index (χ1n) is 5.70. The highest BCUT2D eigenvalue weighted by Gasteiger charge is 2.15. The van der Waals surface area contributed by atoms with E-state index in [2.05, 4.69) is 0 Å². The van der Waals surface area contributed by atoms with Gasteiger partial charge in [0.05, 0.1) is 11.5 Å². The van der Waals surface area contributed by atoms with Crippen molar-refractivity contribution in [2.75, 3.05) is 33.7 Å². The number of aliphatic carboxylic acids is 1. The Bertz CT molecular complexity index is 447. The van der Waals surface area contributed by atoms with Gasteiger partial charge in [0.1, 0.15) is 0 Å². The van der Waals surface area contributed by atoms with E-state index < -0.39 is 10.9 Å². The lowest BCUT2D eigenvalue weighted by Gasteiger charge is -2.21. The molecule has 1 heterocycles. The van der Waals surface area contributed by atoms with Crippen molar-refractivity contribution in [1.29, 1.82) is 0 Å². The summed E-state index contributed by atoms with van der Waals surface area (Å²) in [5.41, 5.74) is 0. The second-order valence-electron chi connectivity index (χ2n) is 4.40. The summed E-state index contributed by atoms with van der Waals surface area (Å²) >= 11 is 1.08. The molecule has 1 rings (SSSR count). The topological polar surface area (TPSA) is 86.9 Å². The monoisotopic (exact) mass is 287 g/mol. The van der Waals surface area contributed by atoms with Gasteiger partial charge in [-0.15, -0.1) is 0 Å². The second-order valence-corrected chi connectivity index (χ2v) is 5.55. The van der Waals surface area contributed by atoms with Gasteiger partial charge >= 0.3 is 11.0 Å². The summed E-state index contributed by atoms with van der Waals surface area (Å²) < 4.78 is 0. The van der Waals surface area contributed by atoms with Gasteiger partial charge in [-0.2, -0.15) is 0 Å². The van der Waals surface area contributed by atoms with Gasteiger partial charge in [0.15, 0.2) is 0 Å². The van der Waals surface area contributed by atoms with Gasteiger partial charge < -0.3 is 10.0 Å². The van der Waals surface area contributed by atoms with E-state index in [1.165, 1.54) is 6.07 Å². The minimum absolute atomic E-state index is 0.0699. The lowest BCUT2D eigenvalue weighted by Crippen LogP contribution is -2.34. The van der Waals surface area contributed by atoms with Crippen LogP contribution in [0.3, 0.4) is 0 Å². The van der Waals surface area contributed by atoms with Crippen molar-refractivity contribution >= 4 is 22.3 Å². The van der Waals surface area contributed by atoms with Crippen molar-refractivity contribution in [3.05, 3.63) is 27.1 Å². The summed E-state index contributed by atoms with van der Waals surface area (Å²) in [4.78, 5) is 25.5. The van der Waals surface area contributed by atoms with Crippen molar-refractivity contribution in [3.8, 4) is 0 Å². The van der Waals surface area contributed by atoms with Gasteiger partial charge in [-0.3, -0.25) is 19.8 Å². The van der Waals surface area contributed by atoms with Crippen molar-refractivity contribution in [2.45, 2.75) is 6.54 Å². The molecule has 1 N–H and O–H groups in total. The Morgan fingerprint density at radius 3 is 2.58 bits per heavy atom. The molecule has 0 spiro atoms. The molecule has 0 bridgehead atoms. The summed E-state index contributed by atoms with van der Waals surface area (Å²) in [5.74, 6) is -0.898. The molecular weight excluding hydrogens is 270 g/mol. The molecule has 0 aliphatic carbocycles. The summed E-state index contributed by atoms with van der Waals surface area (Å²) in [6.07, 6.45) is 0. The molecule has 0 aliphatic rings. The van der Waals surface area contributed by atoms with Gasteiger partial charge in [-0.25, -0.2) is 0 Å². The van der Waals surface area contributed by atoms with Crippen LogP contribution >= 0.6 is 11.3 Å². The standard InChI is InChI=1S/C11H17N3O4S/c1-12(2)5-6-13(8-11(15)16)7-9-3-4-10(19-9)14(17)18/h3-4H,5-8H2,1-2H3,(H,15,16). The minimum Gasteiger partial charge on any atom is -0.480 e. The summed E-state index contributed by atoms with van der Waals surface area (Å²) in [7, 11) is 3.82. The Labute approximate surface area is 115 Å². The number of rotatable bonds is 8. The van der Waals surface area contributed by atoms with E-state index in [-0.39, 0.29) is 11.5 Å². The Kier molecular flexibility index (Phi) is 5.87. The molecule has 106 valence electrons. The van der Waals surface area contributed by atoms with Crippen LogP contribution in [0.4, 0.5) is 5.00 Å². The third kappa shape index (κ3) is 5.77. The molecule has 0 saturated heterocycles. The Hall–Kier alpha value is -1.51. The fraction of sp³-hybridized carbons (Fsp3) is 0.545. The zero-order valence-electron chi connectivity index (χ0n) is 10.9. The number of carbonyl (C=O) groups is 1. The first-order chi connectivity index (χ1) is 8.88. The molecule has 0 aliphatic heterocycles. The van der Waals surface area contributed by atoms with Gasteiger partial charge in [-0.1, -0.05) is 11.3 Å². The maximum absolute atomic E-state index is 10.8. The summed E-state index contributed by atoms with van der Waals surface area (Å²) in [6, 6.07) is 3.12. The third-order valence-corrected chi connectivity index (χ3v) is 3.45. The third-order valence-electron chi connectivity index (χ3n) is 2.43. The van der Waals surface area contributed by atoms with E-state index in [4.69, 9.17) is 5.11 Å². The van der Waals surface area contributed by atoms with Gasteiger partial charge in [0.2, 0.25) is 0 Å². The number of hydrogen-bond acceptors (Lipinski definition) is 6. The van der Waals surface area contributed by atoms with Crippen molar-refractivity contribution in [1.82, 2.24) is 9.80 Å². The smallest absolute Gasteiger partial charge is 0.324 e. The number of nitro groups is 1. The summed E-state index contributed by atoms with van der Waals surface area (Å²) in [6.45, 7) is 1.68. The van der Waals surface area contributed by atoms with Crippen LogP contribution < -0.4 is 0 Å². The maximum Gasteiger partial charge on any atom is 0.324 e. The predicted octanol–water partition coefficient (Wildman–Crippen LogP) is 1.10. The van der Waals surface area contributed by atoms with Crippen LogP contribution in [0, 0.1) is 10.1 Å². The number of likely N-dealkylation sites (N-methyl/N-ethyl adjacent to an activating group) is 1. The molecule has 7 nitrogen and oxygen atoms in total. The highest BCUT2D eigenvalue weighted by atomic mass is 32.1. The lowest BCUT2D eigenvalue weighted by molar-refractivity contribution is -0.380. The quantitative estimate of drug-likeness (QED) is 0.569.